The summed E-state index contributed by atoms with van der Waals surface area (Å²) in [6.07, 6.45) is 0.919. The van der Waals surface area contributed by atoms with Crippen molar-refractivity contribution in [3.05, 3.63) is 78.4 Å². The lowest BCUT2D eigenvalue weighted by Crippen LogP contribution is -2.35. The normalized spacial score (nSPS) is 14.4. The highest BCUT2D eigenvalue weighted by molar-refractivity contribution is 6.01. The third-order valence-corrected chi connectivity index (χ3v) is 5.98. The summed E-state index contributed by atoms with van der Waals surface area (Å²) in [5, 5.41) is 5.02. The molecule has 32 heavy (non-hydrogen) atoms. The molecular formula is C26H25N3O3. The Labute approximate surface area is 187 Å². The number of benzene rings is 3. The summed E-state index contributed by atoms with van der Waals surface area (Å²) >= 11 is 0. The van der Waals surface area contributed by atoms with E-state index in [1.54, 1.807) is 7.11 Å². The van der Waals surface area contributed by atoms with Crippen molar-refractivity contribution >= 4 is 22.5 Å². The van der Waals surface area contributed by atoms with Crippen LogP contribution in [-0.4, -0.2) is 49.3 Å². The van der Waals surface area contributed by atoms with Crippen molar-refractivity contribution in [1.29, 1.82) is 0 Å². The molecule has 1 saturated heterocycles. The third-order valence-electron chi connectivity index (χ3n) is 5.98. The second kappa shape index (κ2) is 8.75. The Morgan fingerprint density at radius 2 is 1.75 bits per heavy atom. The number of fused-ring (bicyclic) bond motifs is 1. The lowest BCUT2D eigenvalue weighted by Gasteiger charge is -2.24. The molecule has 0 radical (unpaired) electrons. The van der Waals surface area contributed by atoms with E-state index in [-0.39, 0.29) is 5.91 Å². The van der Waals surface area contributed by atoms with Crippen molar-refractivity contribution in [1.82, 2.24) is 10.1 Å². The van der Waals surface area contributed by atoms with Gasteiger partial charge in [-0.3, -0.25) is 4.79 Å². The first kappa shape index (κ1) is 20.1. The van der Waals surface area contributed by atoms with Gasteiger partial charge in [-0.15, -0.1) is 0 Å². The molecule has 6 nitrogen and oxygen atoms in total. The van der Waals surface area contributed by atoms with Crippen LogP contribution in [0.25, 0.3) is 22.2 Å². The monoisotopic (exact) mass is 427 g/mol. The van der Waals surface area contributed by atoms with Gasteiger partial charge in [-0.2, -0.15) is 0 Å². The molecule has 1 aliphatic rings. The maximum Gasteiger partial charge on any atom is 0.253 e. The highest BCUT2D eigenvalue weighted by atomic mass is 16.5. The first-order chi connectivity index (χ1) is 15.7. The molecule has 1 aromatic heterocycles. The first-order valence-corrected chi connectivity index (χ1v) is 10.9. The molecule has 1 amide bonds. The fourth-order valence-electron chi connectivity index (χ4n) is 4.23. The molecule has 6 heteroatoms. The highest BCUT2D eigenvalue weighted by Crippen LogP contribution is 2.29. The summed E-state index contributed by atoms with van der Waals surface area (Å²) in [5.74, 6) is 1.58. The maximum absolute atomic E-state index is 13.3. The molecule has 2 heterocycles. The summed E-state index contributed by atoms with van der Waals surface area (Å²) in [6.45, 7) is 3.12. The molecule has 1 aliphatic heterocycles. The first-order valence-electron chi connectivity index (χ1n) is 10.9. The van der Waals surface area contributed by atoms with E-state index in [1.165, 1.54) is 0 Å². The Hall–Kier alpha value is -3.80. The molecule has 0 atom stereocenters. The minimum atomic E-state index is 0.0451. The molecule has 1 fully saturated rings. The zero-order chi connectivity index (χ0) is 21.9. The number of carbonyl (C=O) groups excluding carboxylic acids is 1. The van der Waals surface area contributed by atoms with Crippen molar-refractivity contribution in [2.24, 2.45) is 0 Å². The largest absolute Gasteiger partial charge is 0.497 e. The van der Waals surface area contributed by atoms with Gasteiger partial charge < -0.3 is 19.1 Å². The number of amides is 1. The number of aromatic nitrogens is 1. The number of carbonyl (C=O) groups is 1. The maximum atomic E-state index is 13.3. The molecule has 0 saturated carbocycles. The van der Waals surface area contributed by atoms with Gasteiger partial charge in [0, 0.05) is 43.0 Å². The van der Waals surface area contributed by atoms with E-state index in [0.717, 1.165) is 54.0 Å². The van der Waals surface area contributed by atoms with Crippen molar-refractivity contribution in [2.75, 3.05) is 38.2 Å². The molecule has 4 aromatic rings. The van der Waals surface area contributed by atoms with E-state index in [4.69, 9.17) is 9.26 Å². The summed E-state index contributed by atoms with van der Waals surface area (Å²) in [5.41, 5.74) is 3.51. The summed E-state index contributed by atoms with van der Waals surface area (Å²) < 4.78 is 10.8. The number of anilines is 1. The summed E-state index contributed by atoms with van der Waals surface area (Å²) in [7, 11) is 1.67. The molecule has 0 N–H and O–H groups in total. The minimum absolute atomic E-state index is 0.0451. The zero-order valence-electron chi connectivity index (χ0n) is 18.0. The van der Waals surface area contributed by atoms with Gasteiger partial charge in [-0.25, -0.2) is 0 Å². The van der Waals surface area contributed by atoms with Crippen molar-refractivity contribution < 1.29 is 14.1 Å². The third kappa shape index (κ3) is 3.91. The van der Waals surface area contributed by atoms with E-state index in [0.29, 0.717) is 17.9 Å². The second-order valence-electron chi connectivity index (χ2n) is 7.94. The average molecular weight is 428 g/mol. The van der Waals surface area contributed by atoms with Crippen LogP contribution in [0.5, 0.6) is 5.75 Å². The van der Waals surface area contributed by atoms with Crippen LogP contribution in [0, 0.1) is 0 Å². The Bertz CT molecular complexity index is 1220. The van der Waals surface area contributed by atoms with Crippen molar-refractivity contribution in [2.45, 2.75) is 6.42 Å². The highest BCUT2D eigenvalue weighted by Gasteiger charge is 2.22. The predicted octanol–water partition coefficient (Wildman–Crippen LogP) is 4.86. The van der Waals surface area contributed by atoms with Gasteiger partial charge in [-0.05, 0) is 48.9 Å². The number of hydrogen-bond acceptors (Lipinski definition) is 5. The standard InChI is InChI=1S/C26H25N3O3/c1-31-22-11-9-21(10-12-22)28-14-5-15-29(17-16-28)26(30)20-8-13-24-23(18-20)25(32-27-24)19-6-3-2-4-7-19/h2-4,6-13,18H,5,14-17H2,1H3. The number of methoxy groups -OCH3 is 1. The topological polar surface area (TPSA) is 58.8 Å². The van der Waals surface area contributed by atoms with Crippen LogP contribution in [0.1, 0.15) is 16.8 Å². The van der Waals surface area contributed by atoms with E-state index in [2.05, 4.69) is 22.2 Å². The SMILES string of the molecule is COc1ccc(N2CCCN(C(=O)c3ccc4noc(-c5ccccc5)c4c3)CC2)cc1. The fraction of sp³-hybridized carbons (Fsp3) is 0.231. The Kier molecular flexibility index (Phi) is 5.50. The average Bonchev–Trinajstić information content (AvgIpc) is 3.12. The molecule has 0 bridgehead atoms. The lowest BCUT2D eigenvalue weighted by molar-refractivity contribution is 0.0767. The van der Waals surface area contributed by atoms with Gasteiger partial charge in [0.2, 0.25) is 0 Å². The van der Waals surface area contributed by atoms with Crippen LogP contribution in [-0.2, 0) is 0 Å². The Morgan fingerprint density at radius 3 is 2.53 bits per heavy atom. The number of ether oxygens (including phenoxy) is 1. The summed E-state index contributed by atoms with van der Waals surface area (Å²) in [6, 6.07) is 23.6. The van der Waals surface area contributed by atoms with Crippen LogP contribution in [0.2, 0.25) is 0 Å². The van der Waals surface area contributed by atoms with Gasteiger partial charge in [-0.1, -0.05) is 35.5 Å². The van der Waals surface area contributed by atoms with Crippen LogP contribution < -0.4 is 9.64 Å². The second-order valence-corrected chi connectivity index (χ2v) is 7.94. The lowest BCUT2D eigenvalue weighted by atomic mass is 10.1. The van der Waals surface area contributed by atoms with Crippen molar-refractivity contribution in [3.8, 4) is 17.1 Å². The fourth-order valence-corrected chi connectivity index (χ4v) is 4.23. The zero-order valence-corrected chi connectivity index (χ0v) is 18.0. The number of nitrogens with zero attached hydrogens (tertiary/aromatic N) is 3. The van der Waals surface area contributed by atoms with Gasteiger partial charge >= 0.3 is 0 Å². The number of hydrogen-bond donors (Lipinski definition) is 0. The van der Waals surface area contributed by atoms with Gasteiger partial charge in [0.05, 0.1) is 12.5 Å². The predicted molar refractivity (Wildman–Crippen MR) is 125 cm³/mol. The molecule has 3 aromatic carbocycles. The van der Waals surface area contributed by atoms with E-state index < -0.39 is 0 Å². The van der Waals surface area contributed by atoms with Crippen LogP contribution >= 0.6 is 0 Å². The summed E-state index contributed by atoms with van der Waals surface area (Å²) in [4.78, 5) is 17.6. The Balaban J connectivity index is 1.34. The molecule has 162 valence electrons. The molecule has 5 rings (SSSR count). The van der Waals surface area contributed by atoms with Gasteiger partial charge in [0.15, 0.2) is 5.76 Å². The van der Waals surface area contributed by atoms with Gasteiger partial charge in [0.25, 0.3) is 5.91 Å². The van der Waals surface area contributed by atoms with Crippen LogP contribution in [0.4, 0.5) is 5.69 Å². The Morgan fingerprint density at radius 1 is 0.938 bits per heavy atom. The number of rotatable bonds is 4. The van der Waals surface area contributed by atoms with Crippen molar-refractivity contribution in [3.63, 3.8) is 0 Å². The minimum Gasteiger partial charge on any atom is -0.497 e. The molecule has 0 unspecified atom stereocenters. The molecular weight excluding hydrogens is 402 g/mol. The van der Waals surface area contributed by atoms with E-state index in [1.807, 2.05) is 65.6 Å². The van der Waals surface area contributed by atoms with Crippen LogP contribution in [0.15, 0.2) is 77.3 Å². The van der Waals surface area contributed by atoms with E-state index >= 15 is 0 Å². The van der Waals surface area contributed by atoms with E-state index in [9.17, 15) is 4.79 Å². The molecule has 0 aliphatic carbocycles. The molecule has 0 spiro atoms. The van der Waals surface area contributed by atoms with Gasteiger partial charge in [0.1, 0.15) is 11.3 Å². The quantitative estimate of drug-likeness (QED) is 0.466. The smallest absolute Gasteiger partial charge is 0.253 e. The van der Waals surface area contributed by atoms with Crippen LogP contribution in [0.3, 0.4) is 0 Å².